The maximum Gasteiger partial charge on any atom is 0.0541 e. The van der Waals surface area contributed by atoms with Crippen molar-refractivity contribution >= 4 is 43.6 Å². The number of aromatic nitrogens is 2. The summed E-state index contributed by atoms with van der Waals surface area (Å²) in [5.41, 5.74) is 16.9. The van der Waals surface area contributed by atoms with Crippen molar-refractivity contribution in [3.8, 4) is 55.9 Å². The van der Waals surface area contributed by atoms with Gasteiger partial charge in [-0.25, -0.2) is 0 Å². The van der Waals surface area contributed by atoms with Crippen LogP contribution < -0.4 is 0 Å². The molecule has 0 spiro atoms. The van der Waals surface area contributed by atoms with Gasteiger partial charge in [-0.1, -0.05) is 158 Å². The summed E-state index contributed by atoms with van der Waals surface area (Å²) in [5, 5.41) is 5.11. The minimum Gasteiger partial charge on any atom is -0.309 e. The van der Waals surface area contributed by atoms with Gasteiger partial charge in [-0.15, -0.1) is 0 Å². The van der Waals surface area contributed by atoms with Crippen molar-refractivity contribution < 1.29 is 0 Å². The Morgan fingerprint density at radius 1 is 0.196 bits per heavy atom. The molecule has 0 N–H and O–H groups in total. The van der Waals surface area contributed by atoms with Crippen LogP contribution in [0.15, 0.2) is 218 Å². The molecule has 0 atom stereocenters. The number of nitrogens with zero attached hydrogens (tertiary/aromatic N) is 2. The van der Waals surface area contributed by atoms with Crippen LogP contribution in [0.4, 0.5) is 0 Å². The molecule has 11 aromatic rings. The molecule has 0 amide bonds. The van der Waals surface area contributed by atoms with Crippen LogP contribution in [-0.2, 0) is 0 Å². The number of para-hydroxylation sites is 4. The Labute approximate surface area is 325 Å². The molecule has 9 aromatic carbocycles. The van der Waals surface area contributed by atoms with Gasteiger partial charge in [0.15, 0.2) is 0 Å². The van der Waals surface area contributed by atoms with Gasteiger partial charge >= 0.3 is 0 Å². The SMILES string of the molecule is c1cc(-c2ccc(-c3ccc(-n4c5ccccc5c5ccccc54)cc3)cc2)cc(-c2cccc(-c3ccc(-n4c5ccccc5c5ccccc54)cc3)c2)c1. The summed E-state index contributed by atoms with van der Waals surface area (Å²) >= 11 is 0. The molecule has 0 unspecified atom stereocenters. The first-order chi connectivity index (χ1) is 27.8. The van der Waals surface area contributed by atoms with E-state index in [4.69, 9.17) is 0 Å². The summed E-state index contributed by atoms with van der Waals surface area (Å²) in [5.74, 6) is 0. The highest BCUT2D eigenvalue weighted by molar-refractivity contribution is 6.10. The third kappa shape index (κ3) is 5.34. The average molecular weight is 713 g/mol. The van der Waals surface area contributed by atoms with E-state index in [1.807, 2.05) is 0 Å². The number of hydrogen-bond acceptors (Lipinski definition) is 0. The standard InChI is InChI=1S/C54H36N2/c1-5-19-51-47(15-1)48-16-2-6-20-52(48)55(51)45-31-27-38(28-32-45)37-23-25-39(26-24-37)41-11-9-13-43(35-41)44-14-10-12-42(36-44)40-29-33-46(34-30-40)56-53-21-7-3-17-49(53)50-18-4-8-22-54(50)56/h1-36H. The van der Waals surface area contributed by atoms with Gasteiger partial charge in [-0.2, -0.15) is 0 Å². The smallest absolute Gasteiger partial charge is 0.0541 e. The van der Waals surface area contributed by atoms with E-state index in [-0.39, 0.29) is 0 Å². The summed E-state index contributed by atoms with van der Waals surface area (Å²) < 4.78 is 4.73. The van der Waals surface area contributed by atoms with E-state index in [1.165, 1.54) is 93.8 Å². The van der Waals surface area contributed by atoms with Crippen molar-refractivity contribution in [2.45, 2.75) is 0 Å². The molecule has 0 saturated carbocycles. The molecule has 0 radical (unpaired) electrons. The predicted molar refractivity (Wildman–Crippen MR) is 237 cm³/mol. The topological polar surface area (TPSA) is 9.86 Å². The molecule has 0 bridgehead atoms. The lowest BCUT2D eigenvalue weighted by Gasteiger charge is -2.11. The Kier molecular flexibility index (Phi) is 7.53. The molecule has 0 saturated heterocycles. The van der Waals surface area contributed by atoms with Gasteiger partial charge in [0, 0.05) is 32.9 Å². The van der Waals surface area contributed by atoms with Crippen molar-refractivity contribution in [3.05, 3.63) is 218 Å². The Morgan fingerprint density at radius 3 is 0.768 bits per heavy atom. The molecule has 0 aliphatic heterocycles. The van der Waals surface area contributed by atoms with E-state index in [1.54, 1.807) is 0 Å². The lowest BCUT2D eigenvalue weighted by Crippen LogP contribution is -1.93. The first-order valence-electron chi connectivity index (χ1n) is 19.3. The highest BCUT2D eigenvalue weighted by atomic mass is 15.0. The van der Waals surface area contributed by atoms with E-state index >= 15 is 0 Å². The number of rotatable bonds is 6. The molecule has 2 heteroatoms. The molecule has 262 valence electrons. The average Bonchev–Trinajstić information content (AvgIpc) is 3.80. The third-order valence-electron chi connectivity index (χ3n) is 11.4. The number of fused-ring (bicyclic) bond motifs is 6. The third-order valence-corrected chi connectivity index (χ3v) is 11.4. The van der Waals surface area contributed by atoms with Crippen molar-refractivity contribution in [1.29, 1.82) is 0 Å². The van der Waals surface area contributed by atoms with Gasteiger partial charge in [0.1, 0.15) is 0 Å². The normalized spacial score (nSPS) is 11.6. The molecular weight excluding hydrogens is 677 g/mol. The van der Waals surface area contributed by atoms with Crippen molar-refractivity contribution in [2.75, 3.05) is 0 Å². The van der Waals surface area contributed by atoms with Crippen LogP contribution in [-0.4, -0.2) is 9.13 Å². The Hall–Kier alpha value is -7.42. The fourth-order valence-electron chi connectivity index (χ4n) is 8.62. The molecule has 2 nitrogen and oxygen atoms in total. The monoisotopic (exact) mass is 712 g/mol. The van der Waals surface area contributed by atoms with E-state index < -0.39 is 0 Å². The van der Waals surface area contributed by atoms with Crippen LogP contribution in [0.1, 0.15) is 0 Å². The van der Waals surface area contributed by atoms with Crippen LogP contribution in [0.5, 0.6) is 0 Å². The van der Waals surface area contributed by atoms with Gasteiger partial charge in [-0.05, 0) is 105 Å². The van der Waals surface area contributed by atoms with Crippen LogP contribution >= 0.6 is 0 Å². The van der Waals surface area contributed by atoms with E-state index in [0.29, 0.717) is 0 Å². The number of hydrogen-bond donors (Lipinski definition) is 0. The molecule has 0 aliphatic carbocycles. The fraction of sp³-hybridized carbons (Fsp3) is 0. The van der Waals surface area contributed by atoms with Crippen LogP contribution in [0.25, 0.3) is 99.5 Å². The lowest BCUT2D eigenvalue weighted by molar-refractivity contribution is 1.18. The zero-order valence-electron chi connectivity index (χ0n) is 30.7. The van der Waals surface area contributed by atoms with Gasteiger partial charge in [0.2, 0.25) is 0 Å². The minimum atomic E-state index is 1.16. The van der Waals surface area contributed by atoms with Gasteiger partial charge in [0.05, 0.1) is 22.1 Å². The van der Waals surface area contributed by atoms with Gasteiger partial charge in [0.25, 0.3) is 0 Å². The van der Waals surface area contributed by atoms with E-state index in [2.05, 4.69) is 228 Å². The fourth-order valence-corrected chi connectivity index (χ4v) is 8.62. The zero-order valence-corrected chi connectivity index (χ0v) is 30.7. The van der Waals surface area contributed by atoms with Gasteiger partial charge < -0.3 is 9.13 Å². The highest BCUT2D eigenvalue weighted by Crippen LogP contribution is 2.36. The second-order valence-corrected chi connectivity index (χ2v) is 14.6. The maximum absolute atomic E-state index is 2.37. The van der Waals surface area contributed by atoms with Crippen molar-refractivity contribution in [1.82, 2.24) is 9.13 Å². The van der Waals surface area contributed by atoms with Crippen LogP contribution in [0, 0.1) is 0 Å². The lowest BCUT2D eigenvalue weighted by atomic mass is 9.95. The van der Waals surface area contributed by atoms with E-state index in [0.717, 1.165) is 5.69 Å². The largest absolute Gasteiger partial charge is 0.309 e. The minimum absolute atomic E-state index is 1.16. The first kappa shape index (κ1) is 32.0. The Bertz CT molecular complexity index is 3110. The highest BCUT2D eigenvalue weighted by Gasteiger charge is 2.13. The Morgan fingerprint density at radius 2 is 0.446 bits per heavy atom. The molecular formula is C54H36N2. The molecule has 0 fully saturated rings. The summed E-state index contributed by atoms with van der Waals surface area (Å²) in [6, 6.07) is 79.3. The molecule has 2 heterocycles. The summed E-state index contributed by atoms with van der Waals surface area (Å²) in [6.07, 6.45) is 0. The second-order valence-electron chi connectivity index (χ2n) is 14.6. The van der Waals surface area contributed by atoms with Crippen molar-refractivity contribution in [3.63, 3.8) is 0 Å². The quantitative estimate of drug-likeness (QED) is 0.162. The zero-order chi connectivity index (χ0) is 37.0. The van der Waals surface area contributed by atoms with Crippen molar-refractivity contribution in [2.24, 2.45) is 0 Å². The summed E-state index contributed by atoms with van der Waals surface area (Å²) in [6.45, 7) is 0. The van der Waals surface area contributed by atoms with E-state index in [9.17, 15) is 0 Å². The van der Waals surface area contributed by atoms with Crippen LogP contribution in [0.3, 0.4) is 0 Å². The first-order valence-corrected chi connectivity index (χ1v) is 19.3. The predicted octanol–water partition coefficient (Wildman–Crippen LogP) is 14.5. The van der Waals surface area contributed by atoms with Gasteiger partial charge in [-0.3, -0.25) is 0 Å². The van der Waals surface area contributed by atoms with Crippen LogP contribution in [0.2, 0.25) is 0 Å². The Balaban J connectivity index is 0.851. The molecule has 2 aromatic heterocycles. The molecule has 11 rings (SSSR count). The molecule has 56 heavy (non-hydrogen) atoms. The second kappa shape index (κ2) is 13.2. The summed E-state index contributed by atoms with van der Waals surface area (Å²) in [7, 11) is 0. The maximum atomic E-state index is 2.37. The molecule has 0 aliphatic rings. The number of benzene rings is 9. The summed E-state index contributed by atoms with van der Waals surface area (Å²) in [4.78, 5) is 0.